The minimum absolute atomic E-state index is 0.113. The third kappa shape index (κ3) is 2.23. The van der Waals surface area contributed by atoms with Gasteiger partial charge < -0.3 is 10.3 Å². The van der Waals surface area contributed by atoms with Crippen LogP contribution in [0, 0.1) is 12.7 Å². The summed E-state index contributed by atoms with van der Waals surface area (Å²) in [7, 11) is 0. The van der Waals surface area contributed by atoms with Gasteiger partial charge in [0.15, 0.2) is 0 Å². The van der Waals surface area contributed by atoms with Crippen LogP contribution in [0.25, 0.3) is 11.0 Å². The molecule has 0 radical (unpaired) electrons. The second kappa shape index (κ2) is 4.80. The van der Waals surface area contributed by atoms with Crippen molar-refractivity contribution in [3.63, 3.8) is 0 Å². The van der Waals surface area contributed by atoms with Gasteiger partial charge in [-0.1, -0.05) is 23.7 Å². The van der Waals surface area contributed by atoms with Gasteiger partial charge in [-0.2, -0.15) is 0 Å². The number of rotatable bonds is 2. The highest BCUT2D eigenvalue weighted by Gasteiger charge is 2.09. The van der Waals surface area contributed by atoms with Crippen LogP contribution in [-0.4, -0.2) is 9.55 Å². The Morgan fingerprint density at radius 1 is 1.25 bits per heavy atom. The van der Waals surface area contributed by atoms with Gasteiger partial charge in [0.25, 0.3) is 0 Å². The van der Waals surface area contributed by atoms with E-state index in [0.717, 1.165) is 22.2 Å². The third-order valence-corrected chi connectivity index (χ3v) is 3.55. The Morgan fingerprint density at radius 2 is 2.05 bits per heavy atom. The largest absolute Gasteiger partial charge is 0.369 e. The lowest BCUT2D eigenvalue weighted by atomic mass is 10.2. The molecule has 3 nitrogen and oxygen atoms in total. The standard InChI is InChI=1S/C15H13ClFN3/c1-9-2-5-13-14(6-9)20(15(18)19-13)8-10-3-4-12(17)11(16)7-10/h2-7H,8H2,1H3,(H2,18,19). The Bertz CT molecular complexity index is 795. The lowest BCUT2D eigenvalue weighted by molar-refractivity contribution is 0.627. The predicted octanol–water partition coefficient (Wildman–Crippen LogP) is 3.77. The molecule has 0 aliphatic rings. The molecular formula is C15H13ClFN3. The summed E-state index contributed by atoms with van der Waals surface area (Å²) >= 11 is 5.81. The van der Waals surface area contributed by atoms with Crippen molar-refractivity contribution in [2.24, 2.45) is 0 Å². The van der Waals surface area contributed by atoms with Gasteiger partial charge in [0.1, 0.15) is 5.82 Å². The van der Waals surface area contributed by atoms with E-state index in [0.29, 0.717) is 12.5 Å². The fourth-order valence-corrected chi connectivity index (χ4v) is 2.44. The smallest absolute Gasteiger partial charge is 0.201 e. The molecule has 0 spiro atoms. The zero-order valence-corrected chi connectivity index (χ0v) is 11.7. The first-order chi connectivity index (χ1) is 9.54. The van der Waals surface area contributed by atoms with Crippen molar-refractivity contribution in [1.82, 2.24) is 9.55 Å². The van der Waals surface area contributed by atoms with E-state index in [9.17, 15) is 4.39 Å². The van der Waals surface area contributed by atoms with Crippen molar-refractivity contribution >= 4 is 28.6 Å². The van der Waals surface area contributed by atoms with Crippen LogP contribution in [-0.2, 0) is 6.54 Å². The molecule has 0 fully saturated rings. The van der Waals surface area contributed by atoms with Gasteiger partial charge in [-0.25, -0.2) is 9.37 Å². The van der Waals surface area contributed by atoms with Crippen molar-refractivity contribution in [2.45, 2.75) is 13.5 Å². The van der Waals surface area contributed by atoms with E-state index >= 15 is 0 Å². The van der Waals surface area contributed by atoms with Gasteiger partial charge in [0.2, 0.25) is 5.95 Å². The molecule has 1 heterocycles. The predicted molar refractivity (Wildman–Crippen MR) is 79.4 cm³/mol. The maximum atomic E-state index is 13.2. The molecule has 0 atom stereocenters. The molecule has 0 unspecified atom stereocenters. The number of imidazole rings is 1. The van der Waals surface area contributed by atoms with Crippen molar-refractivity contribution in [1.29, 1.82) is 0 Å². The van der Waals surface area contributed by atoms with Crippen molar-refractivity contribution < 1.29 is 4.39 Å². The quantitative estimate of drug-likeness (QED) is 0.780. The topological polar surface area (TPSA) is 43.8 Å². The average molecular weight is 290 g/mol. The summed E-state index contributed by atoms with van der Waals surface area (Å²) in [5, 5.41) is 0.113. The van der Waals surface area contributed by atoms with Crippen LogP contribution in [0.4, 0.5) is 10.3 Å². The summed E-state index contributed by atoms with van der Waals surface area (Å²) < 4.78 is 15.1. The number of nitrogens with two attached hydrogens (primary N) is 1. The van der Waals surface area contributed by atoms with Gasteiger partial charge in [-0.3, -0.25) is 0 Å². The maximum absolute atomic E-state index is 13.2. The van der Waals surface area contributed by atoms with E-state index in [1.54, 1.807) is 12.1 Å². The Labute approximate surface area is 120 Å². The molecule has 3 rings (SSSR count). The zero-order chi connectivity index (χ0) is 14.3. The molecule has 2 N–H and O–H groups in total. The molecule has 3 aromatic rings. The van der Waals surface area contributed by atoms with Gasteiger partial charge in [-0.05, 0) is 42.3 Å². The molecule has 5 heteroatoms. The molecule has 0 saturated heterocycles. The molecule has 2 aromatic carbocycles. The number of anilines is 1. The van der Waals surface area contributed by atoms with E-state index in [1.165, 1.54) is 6.07 Å². The molecule has 102 valence electrons. The average Bonchev–Trinajstić information content (AvgIpc) is 2.70. The molecule has 0 amide bonds. The summed E-state index contributed by atoms with van der Waals surface area (Å²) in [5.41, 5.74) is 9.79. The third-order valence-electron chi connectivity index (χ3n) is 3.26. The van der Waals surface area contributed by atoms with E-state index < -0.39 is 5.82 Å². The summed E-state index contributed by atoms with van der Waals surface area (Å²) in [6.07, 6.45) is 0. The first-order valence-corrected chi connectivity index (χ1v) is 6.58. The molecule has 0 aliphatic carbocycles. The van der Waals surface area contributed by atoms with Gasteiger partial charge in [-0.15, -0.1) is 0 Å². The number of hydrogen-bond acceptors (Lipinski definition) is 2. The number of hydrogen-bond donors (Lipinski definition) is 1. The Hall–Kier alpha value is -2.07. The van der Waals surface area contributed by atoms with Gasteiger partial charge >= 0.3 is 0 Å². The van der Waals surface area contributed by atoms with Crippen LogP contribution in [0.15, 0.2) is 36.4 Å². The Balaban J connectivity index is 2.07. The molecular weight excluding hydrogens is 277 g/mol. The number of nitrogen functional groups attached to an aromatic ring is 1. The molecule has 1 aromatic heterocycles. The van der Waals surface area contributed by atoms with Crippen molar-refractivity contribution in [2.75, 3.05) is 5.73 Å². The van der Waals surface area contributed by atoms with Crippen LogP contribution >= 0.6 is 11.6 Å². The van der Waals surface area contributed by atoms with Crippen LogP contribution in [0.2, 0.25) is 5.02 Å². The monoisotopic (exact) mass is 289 g/mol. The normalized spacial score (nSPS) is 11.2. The van der Waals surface area contributed by atoms with Crippen LogP contribution < -0.4 is 5.73 Å². The minimum atomic E-state index is -0.422. The number of halogens is 2. The first-order valence-electron chi connectivity index (χ1n) is 6.21. The van der Waals surface area contributed by atoms with Crippen molar-refractivity contribution in [3.8, 4) is 0 Å². The van der Waals surface area contributed by atoms with Gasteiger partial charge in [0.05, 0.1) is 22.6 Å². The lowest BCUT2D eigenvalue weighted by Crippen LogP contribution is -2.04. The summed E-state index contributed by atoms with van der Waals surface area (Å²) in [6, 6.07) is 10.6. The maximum Gasteiger partial charge on any atom is 0.201 e. The molecule has 0 saturated carbocycles. The molecule has 20 heavy (non-hydrogen) atoms. The summed E-state index contributed by atoms with van der Waals surface area (Å²) in [6.45, 7) is 2.52. The highest BCUT2D eigenvalue weighted by molar-refractivity contribution is 6.30. The number of nitrogens with zero attached hydrogens (tertiary/aromatic N) is 2. The van der Waals surface area contributed by atoms with E-state index in [-0.39, 0.29) is 5.02 Å². The fraction of sp³-hybridized carbons (Fsp3) is 0.133. The van der Waals surface area contributed by atoms with Crippen LogP contribution in [0.1, 0.15) is 11.1 Å². The summed E-state index contributed by atoms with van der Waals surface area (Å²) in [5.74, 6) is 0.0146. The summed E-state index contributed by atoms with van der Waals surface area (Å²) in [4.78, 5) is 4.32. The van der Waals surface area contributed by atoms with E-state index in [1.807, 2.05) is 29.7 Å². The van der Waals surface area contributed by atoms with Crippen molar-refractivity contribution in [3.05, 3.63) is 58.4 Å². The fourth-order valence-electron chi connectivity index (χ4n) is 2.24. The Kier molecular flexibility index (Phi) is 3.10. The van der Waals surface area contributed by atoms with E-state index in [2.05, 4.69) is 4.98 Å². The second-order valence-corrected chi connectivity index (χ2v) is 5.20. The first kappa shape index (κ1) is 12.9. The van der Waals surface area contributed by atoms with Crippen LogP contribution in [0.3, 0.4) is 0 Å². The lowest BCUT2D eigenvalue weighted by Gasteiger charge is -2.08. The Morgan fingerprint density at radius 3 is 2.80 bits per heavy atom. The molecule has 0 bridgehead atoms. The molecule has 0 aliphatic heterocycles. The number of aryl methyl sites for hydroxylation is 1. The second-order valence-electron chi connectivity index (χ2n) is 4.80. The van der Waals surface area contributed by atoms with E-state index in [4.69, 9.17) is 17.3 Å². The SMILES string of the molecule is Cc1ccc2nc(N)n(Cc3ccc(F)c(Cl)c3)c2c1. The highest BCUT2D eigenvalue weighted by atomic mass is 35.5. The highest BCUT2D eigenvalue weighted by Crippen LogP contribution is 2.22. The number of aromatic nitrogens is 2. The number of benzene rings is 2. The minimum Gasteiger partial charge on any atom is -0.369 e. The van der Waals surface area contributed by atoms with Crippen LogP contribution in [0.5, 0.6) is 0 Å². The zero-order valence-electron chi connectivity index (χ0n) is 10.9. The van der Waals surface area contributed by atoms with Gasteiger partial charge in [0, 0.05) is 0 Å². The number of fused-ring (bicyclic) bond motifs is 1.